The fourth-order valence-electron chi connectivity index (χ4n) is 2.01. The zero-order chi connectivity index (χ0) is 16.3. The van der Waals surface area contributed by atoms with E-state index >= 15 is 0 Å². The third-order valence-electron chi connectivity index (χ3n) is 3.08. The Kier molecular flexibility index (Phi) is 5.61. The summed E-state index contributed by atoms with van der Waals surface area (Å²) in [6.45, 7) is 1.68. The van der Waals surface area contributed by atoms with Gasteiger partial charge in [-0.05, 0) is 52.7 Å². The van der Waals surface area contributed by atoms with Crippen LogP contribution in [0, 0.1) is 0 Å². The van der Waals surface area contributed by atoms with Gasteiger partial charge in [0.2, 0.25) is 0 Å². The van der Waals surface area contributed by atoms with E-state index in [1.165, 1.54) is 7.11 Å². The first-order valence-corrected chi connectivity index (χ1v) is 8.13. The topological polar surface area (TPSA) is 58.6 Å². The van der Waals surface area contributed by atoms with Crippen molar-refractivity contribution in [3.8, 4) is 5.75 Å². The number of aliphatic hydroxyl groups excluding tert-OH is 1. The molecule has 22 heavy (non-hydrogen) atoms. The van der Waals surface area contributed by atoms with Gasteiger partial charge in [0.1, 0.15) is 5.75 Å². The predicted octanol–water partition coefficient (Wildman–Crippen LogP) is 4.53. The molecule has 2 rings (SSSR count). The standard InChI is InChI=1S/C16H15Br2NO3/c1-9(20)10-4-3-5-12(6-10)19-16(21)13-7-11(17)8-14(18)15(13)22-2/h3-9,20H,1-2H3,(H,19,21). The molecule has 0 spiro atoms. The first-order chi connectivity index (χ1) is 10.4. The SMILES string of the molecule is COc1c(Br)cc(Br)cc1C(=O)Nc1cccc(C(C)O)c1. The second kappa shape index (κ2) is 7.26. The van der Waals surface area contributed by atoms with Crippen LogP contribution in [0.1, 0.15) is 28.9 Å². The Morgan fingerprint density at radius 1 is 1.27 bits per heavy atom. The highest BCUT2D eigenvalue weighted by molar-refractivity contribution is 9.11. The van der Waals surface area contributed by atoms with Crippen LogP contribution in [0.3, 0.4) is 0 Å². The molecule has 0 radical (unpaired) electrons. The largest absolute Gasteiger partial charge is 0.495 e. The van der Waals surface area contributed by atoms with Crippen molar-refractivity contribution in [1.82, 2.24) is 0 Å². The quantitative estimate of drug-likeness (QED) is 0.752. The highest BCUT2D eigenvalue weighted by Gasteiger charge is 2.17. The Morgan fingerprint density at radius 2 is 2.00 bits per heavy atom. The molecule has 6 heteroatoms. The number of anilines is 1. The molecule has 2 aromatic rings. The summed E-state index contributed by atoms with van der Waals surface area (Å²) in [5.74, 6) is 0.175. The number of amides is 1. The number of aliphatic hydroxyl groups is 1. The van der Waals surface area contributed by atoms with Crippen molar-refractivity contribution in [2.45, 2.75) is 13.0 Å². The van der Waals surface area contributed by atoms with Crippen LogP contribution in [0.15, 0.2) is 45.3 Å². The van der Waals surface area contributed by atoms with Crippen LogP contribution in [0.2, 0.25) is 0 Å². The molecule has 4 nitrogen and oxygen atoms in total. The summed E-state index contributed by atoms with van der Waals surface area (Å²) in [4.78, 5) is 12.5. The van der Waals surface area contributed by atoms with Crippen LogP contribution in [0.4, 0.5) is 5.69 Å². The molecule has 0 aromatic heterocycles. The molecule has 2 N–H and O–H groups in total. The third-order valence-corrected chi connectivity index (χ3v) is 4.13. The highest BCUT2D eigenvalue weighted by atomic mass is 79.9. The molecular weight excluding hydrogens is 414 g/mol. The van der Waals surface area contributed by atoms with E-state index in [4.69, 9.17) is 4.74 Å². The molecule has 0 fully saturated rings. The summed E-state index contributed by atoms with van der Waals surface area (Å²) in [6.07, 6.45) is -0.591. The Bertz CT molecular complexity index is 702. The number of rotatable bonds is 4. The number of nitrogens with one attached hydrogen (secondary N) is 1. The first-order valence-electron chi connectivity index (χ1n) is 6.54. The van der Waals surface area contributed by atoms with Crippen molar-refractivity contribution in [1.29, 1.82) is 0 Å². The van der Waals surface area contributed by atoms with E-state index in [0.717, 1.165) is 10.0 Å². The second-order valence-corrected chi connectivity index (χ2v) is 6.49. The van der Waals surface area contributed by atoms with Gasteiger partial charge in [0.25, 0.3) is 5.91 Å². The van der Waals surface area contributed by atoms with E-state index in [0.29, 0.717) is 21.5 Å². The minimum absolute atomic E-state index is 0.290. The normalized spacial score (nSPS) is 11.9. The van der Waals surface area contributed by atoms with Crippen molar-refractivity contribution in [3.05, 3.63) is 56.5 Å². The molecule has 0 aliphatic heterocycles. The van der Waals surface area contributed by atoms with Crippen molar-refractivity contribution in [3.63, 3.8) is 0 Å². The minimum Gasteiger partial charge on any atom is -0.495 e. The van der Waals surface area contributed by atoms with E-state index in [9.17, 15) is 9.90 Å². The van der Waals surface area contributed by atoms with Crippen LogP contribution in [-0.2, 0) is 0 Å². The highest BCUT2D eigenvalue weighted by Crippen LogP contribution is 2.33. The fraction of sp³-hybridized carbons (Fsp3) is 0.188. The van der Waals surface area contributed by atoms with Crippen LogP contribution < -0.4 is 10.1 Å². The molecule has 0 saturated carbocycles. The van der Waals surface area contributed by atoms with Crippen LogP contribution >= 0.6 is 31.9 Å². The fourth-order valence-corrected chi connectivity index (χ4v) is 3.40. The molecule has 2 aromatic carbocycles. The van der Waals surface area contributed by atoms with Gasteiger partial charge in [0.15, 0.2) is 0 Å². The number of ether oxygens (including phenoxy) is 1. The third kappa shape index (κ3) is 3.88. The predicted molar refractivity (Wildman–Crippen MR) is 93.4 cm³/mol. The molecular formula is C16H15Br2NO3. The number of carbonyl (C=O) groups is 1. The zero-order valence-electron chi connectivity index (χ0n) is 12.1. The smallest absolute Gasteiger partial charge is 0.259 e. The van der Waals surface area contributed by atoms with E-state index in [2.05, 4.69) is 37.2 Å². The van der Waals surface area contributed by atoms with Gasteiger partial charge in [-0.3, -0.25) is 4.79 Å². The summed E-state index contributed by atoms with van der Waals surface area (Å²) < 4.78 is 6.74. The molecule has 0 aliphatic carbocycles. The summed E-state index contributed by atoms with van der Waals surface area (Å²) >= 11 is 6.74. The van der Waals surface area contributed by atoms with Crippen LogP contribution in [0.25, 0.3) is 0 Å². The maximum absolute atomic E-state index is 12.5. The Morgan fingerprint density at radius 3 is 2.64 bits per heavy atom. The Labute approximate surface area is 145 Å². The maximum atomic E-state index is 12.5. The van der Waals surface area contributed by atoms with Crippen LogP contribution in [-0.4, -0.2) is 18.1 Å². The summed E-state index contributed by atoms with van der Waals surface area (Å²) in [5.41, 5.74) is 1.76. The van der Waals surface area contributed by atoms with E-state index < -0.39 is 6.10 Å². The average molecular weight is 429 g/mol. The van der Waals surface area contributed by atoms with Gasteiger partial charge in [0.05, 0.1) is 23.2 Å². The van der Waals surface area contributed by atoms with Crippen molar-refractivity contribution in [2.24, 2.45) is 0 Å². The summed E-state index contributed by atoms with van der Waals surface area (Å²) in [6, 6.07) is 10.6. The van der Waals surface area contributed by atoms with Crippen molar-refractivity contribution < 1.29 is 14.6 Å². The Balaban J connectivity index is 2.32. The number of hydrogen-bond acceptors (Lipinski definition) is 3. The van der Waals surface area contributed by atoms with Gasteiger partial charge in [-0.1, -0.05) is 28.1 Å². The first kappa shape index (κ1) is 17.0. The number of benzene rings is 2. The van der Waals surface area contributed by atoms with Crippen molar-refractivity contribution in [2.75, 3.05) is 12.4 Å². The molecule has 0 bridgehead atoms. The lowest BCUT2D eigenvalue weighted by Gasteiger charge is -2.13. The lowest BCUT2D eigenvalue weighted by atomic mass is 10.1. The number of carbonyl (C=O) groups excluding carboxylic acids is 1. The average Bonchev–Trinajstić information content (AvgIpc) is 2.46. The minimum atomic E-state index is -0.591. The van der Waals surface area contributed by atoms with Gasteiger partial charge in [0, 0.05) is 10.2 Å². The molecule has 0 heterocycles. The van der Waals surface area contributed by atoms with Crippen LogP contribution in [0.5, 0.6) is 5.75 Å². The molecule has 0 aliphatic rings. The molecule has 1 amide bonds. The second-order valence-electron chi connectivity index (χ2n) is 4.72. The van der Waals surface area contributed by atoms with Gasteiger partial charge < -0.3 is 15.2 Å². The lowest BCUT2D eigenvalue weighted by Crippen LogP contribution is -2.13. The number of methoxy groups -OCH3 is 1. The molecule has 0 saturated heterocycles. The zero-order valence-corrected chi connectivity index (χ0v) is 15.2. The Hall–Kier alpha value is -1.37. The van der Waals surface area contributed by atoms with E-state index in [1.54, 1.807) is 37.3 Å². The number of hydrogen-bond donors (Lipinski definition) is 2. The monoisotopic (exact) mass is 427 g/mol. The van der Waals surface area contributed by atoms with Crippen molar-refractivity contribution >= 4 is 43.5 Å². The molecule has 1 unspecified atom stereocenters. The van der Waals surface area contributed by atoms with Gasteiger partial charge >= 0.3 is 0 Å². The van der Waals surface area contributed by atoms with Gasteiger partial charge in [-0.2, -0.15) is 0 Å². The van der Waals surface area contributed by atoms with Gasteiger partial charge in [-0.25, -0.2) is 0 Å². The van der Waals surface area contributed by atoms with E-state index in [1.807, 2.05) is 6.07 Å². The van der Waals surface area contributed by atoms with Gasteiger partial charge in [-0.15, -0.1) is 0 Å². The lowest BCUT2D eigenvalue weighted by molar-refractivity contribution is 0.102. The molecule has 1 atom stereocenters. The number of halogens is 2. The summed E-state index contributed by atoms with van der Waals surface area (Å²) in [5, 5.41) is 12.4. The molecule has 116 valence electrons. The summed E-state index contributed by atoms with van der Waals surface area (Å²) in [7, 11) is 1.51. The van der Waals surface area contributed by atoms with E-state index in [-0.39, 0.29) is 5.91 Å². The maximum Gasteiger partial charge on any atom is 0.259 e.